The van der Waals surface area contributed by atoms with Crippen molar-refractivity contribution in [2.75, 3.05) is 26.2 Å². The number of morpholine rings is 2. The maximum absolute atomic E-state index is 12.4. The lowest BCUT2D eigenvalue weighted by molar-refractivity contribution is -0.156. The molecule has 4 N–H and O–H groups in total. The van der Waals surface area contributed by atoms with Crippen LogP contribution in [0.25, 0.3) is 0 Å². The first-order chi connectivity index (χ1) is 15.5. The number of aromatic hydroxyl groups is 2. The highest BCUT2D eigenvalue weighted by Gasteiger charge is 2.38. The molecule has 10 nitrogen and oxygen atoms in total. The summed E-state index contributed by atoms with van der Waals surface area (Å²) in [6.45, 7) is 2.45. The summed E-state index contributed by atoms with van der Waals surface area (Å²) in [5, 5.41) is 27.0. The number of esters is 2. The third kappa shape index (κ3) is 3.03. The lowest BCUT2D eigenvalue weighted by Gasteiger charge is -2.21. The molecule has 4 atom stereocenters. The van der Waals surface area contributed by atoms with Crippen LogP contribution >= 0.6 is 0 Å². The summed E-state index contributed by atoms with van der Waals surface area (Å²) in [7, 11) is 0. The minimum absolute atomic E-state index is 0.159. The fourth-order valence-electron chi connectivity index (χ4n) is 4.78. The quantitative estimate of drug-likeness (QED) is 0.305. The Labute approximate surface area is 182 Å². The van der Waals surface area contributed by atoms with Crippen molar-refractivity contribution in [3.63, 3.8) is 0 Å². The van der Waals surface area contributed by atoms with Gasteiger partial charge in [-0.2, -0.15) is 0 Å². The van der Waals surface area contributed by atoms with Crippen molar-refractivity contribution in [1.82, 2.24) is 10.6 Å². The number of carbonyl (C=O) groups excluding carboxylic acids is 2. The van der Waals surface area contributed by atoms with Gasteiger partial charge < -0.3 is 39.8 Å². The average molecular weight is 440 g/mol. The molecule has 4 aliphatic rings. The van der Waals surface area contributed by atoms with Crippen molar-refractivity contribution >= 4 is 11.9 Å². The molecule has 2 aromatic carbocycles. The summed E-state index contributed by atoms with van der Waals surface area (Å²) >= 11 is 0. The number of ether oxygens (including phenoxy) is 4. The third-order valence-electron chi connectivity index (χ3n) is 6.26. The molecule has 6 rings (SSSR count). The summed E-state index contributed by atoms with van der Waals surface area (Å²) in [6.07, 6.45) is -0.780. The van der Waals surface area contributed by atoms with Crippen LogP contribution in [0.3, 0.4) is 0 Å². The first-order valence-corrected chi connectivity index (χ1v) is 10.4. The van der Waals surface area contributed by atoms with Gasteiger partial charge in [-0.15, -0.1) is 0 Å². The van der Waals surface area contributed by atoms with E-state index in [4.69, 9.17) is 18.9 Å². The summed E-state index contributed by atoms with van der Waals surface area (Å²) in [5.41, 5.74) is 3.24. The van der Waals surface area contributed by atoms with E-state index in [1.54, 1.807) is 0 Å². The second-order valence-corrected chi connectivity index (χ2v) is 8.22. The molecule has 0 aliphatic carbocycles. The predicted molar refractivity (Wildman–Crippen MR) is 106 cm³/mol. The zero-order chi connectivity index (χ0) is 22.0. The first kappa shape index (κ1) is 19.5. The SMILES string of the molecule is O=C(Oc1cc2c(cc1O)C1CNCC2O1)C(=O)Oc1cc2c(cc1O)C1CNCC2O1. The molecule has 10 heteroatoms. The molecular weight excluding hydrogens is 420 g/mol. The molecule has 0 spiro atoms. The largest absolute Gasteiger partial charge is 0.504 e. The normalized spacial score (nSPS) is 26.9. The number of phenolic OH excluding ortho intramolecular Hbond substituents is 2. The Balaban J connectivity index is 1.20. The Morgan fingerprint density at radius 1 is 0.688 bits per heavy atom. The van der Waals surface area contributed by atoms with Crippen molar-refractivity contribution in [2.45, 2.75) is 24.4 Å². The molecule has 4 bridgehead atoms. The molecule has 0 aromatic heterocycles. The standard InChI is InChI=1S/C22H20N2O8/c25-13-1-9-11(19-7-23-5-17(9)29-19)3-15(13)31-21(27)22(28)32-16-4-12-10(2-14(16)26)18-6-24-8-20(12)30-18/h1-4,17-20,23-26H,5-8H2. The number of fused-ring (bicyclic) bond motifs is 10. The third-order valence-corrected chi connectivity index (χ3v) is 6.26. The fraction of sp³-hybridized carbons (Fsp3) is 0.364. The van der Waals surface area contributed by atoms with E-state index in [1.807, 2.05) is 0 Å². The molecule has 4 unspecified atom stereocenters. The Hall–Kier alpha value is -3.18. The second kappa shape index (κ2) is 7.17. The predicted octanol–water partition coefficient (Wildman–Crippen LogP) is 1.04. The number of benzene rings is 2. The number of hydrogen-bond acceptors (Lipinski definition) is 10. The molecule has 2 fully saturated rings. The molecule has 4 heterocycles. The van der Waals surface area contributed by atoms with Crippen molar-refractivity contribution < 1.29 is 38.7 Å². The molecule has 166 valence electrons. The molecule has 0 amide bonds. The molecule has 32 heavy (non-hydrogen) atoms. The molecule has 0 saturated carbocycles. The van der Waals surface area contributed by atoms with Crippen LogP contribution in [0.15, 0.2) is 24.3 Å². The van der Waals surface area contributed by atoms with E-state index >= 15 is 0 Å². The van der Waals surface area contributed by atoms with Crippen LogP contribution in [-0.4, -0.2) is 48.3 Å². The summed E-state index contributed by atoms with van der Waals surface area (Å²) in [6, 6.07) is 5.98. The molecule has 4 aliphatic heterocycles. The van der Waals surface area contributed by atoms with Gasteiger partial charge in [0.2, 0.25) is 0 Å². The second-order valence-electron chi connectivity index (χ2n) is 8.22. The van der Waals surface area contributed by atoms with Gasteiger partial charge in [0, 0.05) is 26.2 Å². The maximum atomic E-state index is 12.4. The summed E-state index contributed by atoms with van der Waals surface area (Å²) < 4.78 is 21.9. The Bertz CT molecular complexity index is 1060. The smallest absolute Gasteiger partial charge is 0.423 e. The van der Waals surface area contributed by atoms with Gasteiger partial charge in [0.25, 0.3) is 0 Å². The zero-order valence-corrected chi connectivity index (χ0v) is 16.8. The van der Waals surface area contributed by atoms with Gasteiger partial charge in [-0.25, -0.2) is 9.59 Å². The Kier molecular flexibility index (Phi) is 4.37. The Morgan fingerprint density at radius 2 is 1.03 bits per heavy atom. The van der Waals surface area contributed by atoms with Crippen LogP contribution < -0.4 is 20.1 Å². The van der Waals surface area contributed by atoms with Crippen LogP contribution in [0.2, 0.25) is 0 Å². The Morgan fingerprint density at radius 3 is 1.41 bits per heavy atom. The molecule has 0 radical (unpaired) electrons. The van der Waals surface area contributed by atoms with E-state index in [2.05, 4.69) is 10.6 Å². The lowest BCUT2D eigenvalue weighted by atomic mass is 10.0. The van der Waals surface area contributed by atoms with Crippen molar-refractivity contribution in [3.8, 4) is 23.0 Å². The number of hydrogen-bond donors (Lipinski definition) is 4. The van der Waals surface area contributed by atoms with E-state index in [1.165, 1.54) is 24.3 Å². The number of carbonyl (C=O) groups is 2. The summed E-state index contributed by atoms with van der Waals surface area (Å²) in [4.78, 5) is 24.7. The van der Waals surface area contributed by atoms with Gasteiger partial charge >= 0.3 is 11.9 Å². The van der Waals surface area contributed by atoms with Crippen molar-refractivity contribution in [2.24, 2.45) is 0 Å². The average Bonchev–Trinajstić information content (AvgIpc) is 3.17. The van der Waals surface area contributed by atoms with Crippen LogP contribution in [0.5, 0.6) is 23.0 Å². The molecule has 2 aromatic rings. The zero-order valence-electron chi connectivity index (χ0n) is 16.8. The van der Waals surface area contributed by atoms with Crippen LogP contribution in [0.1, 0.15) is 46.7 Å². The fourth-order valence-corrected chi connectivity index (χ4v) is 4.78. The van der Waals surface area contributed by atoms with E-state index in [9.17, 15) is 19.8 Å². The van der Waals surface area contributed by atoms with E-state index in [-0.39, 0.29) is 47.4 Å². The highest BCUT2D eigenvalue weighted by atomic mass is 16.6. The minimum atomic E-state index is -1.32. The van der Waals surface area contributed by atoms with Crippen molar-refractivity contribution in [1.29, 1.82) is 0 Å². The minimum Gasteiger partial charge on any atom is -0.504 e. The number of phenols is 2. The van der Waals surface area contributed by atoms with Crippen LogP contribution in [0, 0.1) is 0 Å². The van der Waals surface area contributed by atoms with E-state index < -0.39 is 11.9 Å². The van der Waals surface area contributed by atoms with Gasteiger partial charge in [0.1, 0.15) is 0 Å². The number of rotatable bonds is 2. The van der Waals surface area contributed by atoms with Gasteiger partial charge in [0.15, 0.2) is 23.0 Å². The molecular formula is C22H20N2O8. The van der Waals surface area contributed by atoms with Gasteiger partial charge in [-0.05, 0) is 46.5 Å². The van der Waals surface area contributed by atoms with Crippen LogP contribution in [0.4, 0.5) is 0 Å². The molecule has 2 saturated heterocycles. The van der Waals surface area contributed by atoms with Gasteiger partial charge in [0.05, 0.1) is 24.4 Å². The highest BCUT2D eigenvalue weighted by molar-refractivity contribution is 6.31. The van der Waals surface area contributed by atoms with Crippen molar-refractivity contribution in [3.05, 3.63) is 46.5 Å². The van der Waals surface area contributed by atoms with E-state index in [0.29, 0.717) is 26.2 Å². The topological polar surface area (TPSA) is 136 Å². The number of nitrogens with one attached hydrogen (secondary N) is 2. The highest BCUT2D eigenvalue weighted by Crippen LogP contribution is 2.46. The lowest BCUT2D eigenvalue weighted by Crippen LogP contribution is -2.30. The summed E-state index contributed by atoms with van der Waals surface area (Å²) in [5.74, 6) is -3.52. The monoisotopic (exact) mass is 440 g/mol. The first-order valence-electron chi connectivity index (χ1n) is 10.4. The van der Waals surface area contributed by atoms with Gasteiger partial charge in [-0.1, -0.05) is 0 Å². The van der Waals surface area contributed by atoms with Gasteiger partial charge in [-0.3, -0.25) is 0 Å². The maximum Gasteiger partial charge on any atom is 0.423 e. The van der Waals surface area contributed by atoms with E-state index in [0.717, 1.165) is 22.3 Å². The van der Waals surface area contributed by atoms with Crippen LogP contribution in [-0.2, 0) is 19.1 Å².